The fraction of sp³-hybridized carbons (Fsp3) is 0.455. The molecule has 156 valence electrons. The molecule has 1 aromatic heterocycles. The van der Waals surface area contributed by atoms with E-state index in [0.717, 1.165) is 29.5 Å². The van der Waals surface area contributed by atoms with E-state index in [9.17, 15) is 14.1 Å². The van der Waals surface area contributed by atoms with Crippen LogP contribution in [-0.4, -0.2) is 43.5 Å². The number of rotatable bonds is 9. The van der Waals surface area contributed by atoms with Crippen LogP contribution in [0.2, 0.25) is 0 Å². The normalized spacial score (nSPS) is 17.1. The Labute approximate surface area is 174 Å². The van der Waals surface area contributed by atoms with Gasteiger partial charge in [-0.15, -0.1) is 0 Å². The van der Waals surface area contributed by atoms with E-state index in [1.165, 1.54) is 0 Å². The first-order valence-corrected chi connectivity index (χ1v) is 11.4. The third-order valence-electron chi connectivity index (χ3n) is 5.02. The number of aromatic nitrogens is 1. The number of esters is 1. The highest BCUT2D eigenvalue weighted by atomic mass is 32.2. The molecule has 0 bridgehead atoms. The lowest BCUT2D eigenvalue weighted by Gasteiger charge is -2.24. The second-order valence-corrected chi connectivity index (χ2v) is 8.52. The lowest BCUT2D eigenvalue weighted by molar-refractivity contribution is 0.0519. The Bertz CT molecular complexity index is 873. The van der Waals surface area contributed by atoms with Crippen LogP contribution in [-0.2, 0) is 22.3 Å². The van der Waals surface area contributed by atoms with Crippen LogP contribution in [0.4, 0.5) is 0 Å². The maximum atomic E-state index is 13.0. The van der Waals surface area contributed by atoms with Crippen LogP contribution in [0.25, 0.3) is 11.3 Å². The van der Waals surface area contributed by atoms with Gasteiger partial charge in [0.05, 0.1) is 29.3 Å². The fourth-order valence-corrected chi connectivity index (χ4v) is 5.22. The van der Waals surface area contributed by atoms with Gasteiger partial charge in [-0.3, -0.25) is 0 Å². The number of aliphatic hydroxyl groups is 1. The molecule has 6 nitrogen and oxygen atoms in total. The van der Waals surface area contributed by atoms with E-state index in [-0.39, 0.29) is 24.9 Å². The van der Waals surface area contributed by atoms with E-state index >= 15 is 0 Å². The number of pyridine rings is 1. The smallest absolute Gasteiger partial charge is 0.356 e. The molecule has 29 heavy (non-hydrogen) atoms. The molecule has 1 N–H and O–H groups in total. The van der Waals surface area contributed by atoms with Gasteiger partial charge >= 0.3 is 5.97 Å². The Hall–Kier alpha value is -2.09. The summed E-state index contributed by atoms with van der Waals surface area (Å²) < 4.78 is 20.1. The van der Waals surface area contributed by atoms with Gasteiger partial charge < -0.3 is 9.84 Å². The molecule has 2 aromatic rings. The summed E-state index contributed by atoms with van der Waals surface area (Å²) in [6.07, 6.45) is 2.31. The molecule has 0 saturated carbocycles. The molecule has 1 aliphatic heterocycles. The number of fused-ring (bicyclic) bond motifs is 1. The van der Waals surface area contributed by atoms with Crippen LogP contribution in [0.15, 0.2) is 36.4 Å². The van der Waals surface area contributed by atoms with Crippen molar-refractivity contribution in [2.24, 2.45) is 0 Å². The number of benzene rings is 1. The molecule has 0 aliphatic carbocycles. The summed E-state index contributed by atoms with van der Waals surface area (Å²) in [6, 6.07) is 11.2. The minimum atomic E-state index is -1.16. The zero-order valence-electron chi connectivity index (χ0n) is 17.0. The number of nitrogens with zero attached hydrogens (tertiary/aromatic N) is 2. The highest BCUT2D eigenvalue weighted by Gasteiger charge is 2.37. The maximum Gasteiger partial charge on any atom is 0.356 e. The van der Waals surface area contributed by atoms with Gasteiger partial charge in [-0.2, -0.15) is 0 Å². The zero-order chi connectivity index (χ0) is 20.8. The van der Waals surface area contributed by atoms with Gasteiger partial charge in [0.15, 0.2) is 0 Å². The molecule has 2 heterocycles. The van der Waals surface area contributed by atoms with Gasteiger partial charge in [-0.1, -0.05) is 43.7 Å². The Kier molecular flexibility index (Phi) is 7.52. The van der Waals surface area contributed by atoms with Gasteiger partial charge in [0.25, 0.3) is 0 Å². The highest BCUT2D eigenvalue weighted by Crippen LogP contribution is 2.42. The zero-order valence-corrected chi connectivity index (χ0v) is 17.8. The lowest BCUT2D eigenvalue weighted by atomic mass is 9.96. The van der Waals surface area contributed by atoms with Gasteiger partial charge in [0.1, 0.15) is 5.69 Å². The molecule has 0 saturated heterocycles. The number of aliphatic hydroxyl groups excluding tert-OH is 1. The van der Waals surface area contributed by atoms with Crippen molar-refractivity contribution in [3.05, 3.63) is 53.2 Å². The molecule has 0 amide bonds. The number of carbonyl (C=O) groups excluding carboxylic acids is 1. The molecule has 0 radical (unpaired) electrons. The summed E-state index contributed by atoms with van der Waals surface area (Å²) in [6.45, 7) is 4.56. The van der Waals surface area contributed by atoms with Crippen LogP contribution < -0.4 is 0 Å². The van der Waals surface area contributed by atoms with Crippen molar-refractivity contribution < 1.29 is 18.8 Å². The Morgan fingerprint density at radius 1 is 1.31 bits per heavy atom. The van der Waals surface area contributed by atoms with E-state index in [0.29, 0.717) is 24.4 Å². The van der Waals surface area contributed by atoms with Crippen molar-refractivity contribution in [3.63, 3.8) is 0 Å². The van der Waals surface area contributed by atoms with Crippen LogP contribution >= 0.6 is 0 Å². The number of hydrogen-bond acceptors (Lipinski definition) is 5. The number of unbranched alkanes of at least 4 members (excludes halogenated alkanes) is 1. The molecule has 1 unspecified atom stereocenters. The summed E-state index contributed by atoms with van der Waals surface area (Å²) in [7, 11) is -1.16. The molecule has 1 aromatic carbocycles. The summed E-state index contributed by atoms with van der Waals surface area (Å²) in [4.78, 5) is 17.0. The molecule has 2 atom stereocenters. The van der Waals surface area contributed by atoms with Crippen molar-refractivity contribution >= 4 is 17.0 Å². The molecule has 3 rings (SSSR count). The average molecular weight is 417 g/mol. The highest BCUT2D eigenvalue weighted by molar-refractivity contribution is 7.82. The molecule has 1 aliphatic rings. The van der Waals surface area contributed by atoms with E-state index < -0.39 is 17.0 Å². The first-order chi connectivity index (χ1) is 14.1. The van der Waals surface area contributed by atoms with E-state index in [2.05, 4.69) is 11.9 Å². The number of carbonyl (C=O) groups is 1. The number of hydrogen-bond donors (Lipinski definition) is 1. The van der Waals surface area contributed by atoms with Gasteiger partial charge in [-0.05, 0) is 31.4 Å². The maximum absolute atomic E-state index is 13.0. The van der Waals surface area contributed by atoms with Gasteiger partial charge in [-0.25, -0.2) is 18.3 Å². The number of ether oxygens (including phenoxy) is 1. The van der Waals surface area contributed by atoms with Crippen LogP contribution in [0.5, 0.6) is 0 Å². The lowest BCUT2D eigenvalue weighted by Crippen LogP contribution is -2.27. The second-order valence-electron chi connectivity index (χ2n) is 7.00. The summed E-state index contributed by atoms with van der Waals surface area (Å²) in [5.41, 5.74) is 3.71. The topological polar surface area (TPSA) is 79.7 Å². The van der Waals surface area contributed by atoms with E-state index in [1.54, 1.807) is 13.0 Å². The second kappa shape index (κ2) is 10.1. The van der Waals surface area contributed by atoms with Gasteiger partial charge in [0, 0.05) is 30.0 Å². The van der Waals surface area contributed by atoms with Crippen LogP contribution in [0.1, 0.15) is 60.8 Å². The minimum absolute atomic E-state index is 0.0144. The van der Waals surface area contributed by atoms with Crippen molar-refractivity contribution in [1.82, 2.24) is 9.29 Å². The van der Waals surface area contributed by atoms with Crippen LogP contribution in [0.3, 0.4) is 0 Å². The van der Waals surface area contributed by atoms with Gasteiger partial charge in [0.2, 0.25) is 0 Å². The predicted octanol–water partition coefficient (Wildman–Crippen LogP) is 3.63. The molecular formula is C22H28N2O4S. The SMILES string of the molecule is CCCCS(=O)N1Cc2cc(C(=O)OCC)nc(-c3ccccc3)c2[C@H]1CCO. The minimum Gasteiger partial charge on any atom is -0.461 e. The standard InChI is InChI=1S/C22H28N2O4S/c1-3-5-13-29(27)24-15-17-14-18(22(26)28-4-2)23-21(16-9-7-6-8-10-16)20(17)19(24)11-12-25/h6-10,14,19,25H,3-5,11-13,15H2,1-2H3/t19-,29?/m1/s1. The summed E-state index contributed by atoms with van der Waals surface area (Å²) >= 11 is 0. The monoisotopic (exact) mass is 416 g/mol. The molecule has 7 heteroatoms. The summed E-state index contributed by atoms with van der Waals surface area (Å²) in [5.74, 6) is 0.127. The molecule has 0 fully saturated rings. The van der Waals surface area contributed by atoms with Crippen LogP contribution in [0, 0.1) is 0 Å². The quantitative estimate of drug-likeness (QED) is 0.632. The molecular weight excluding hydrogens is 388 g/mol. The van der Waals surface area contributed by atoms with Crippen molar-refractivity contribution in [3.8, 4) is 11.3 Å². The van der Waals surface area contributed by atoms with E-state index in [1.807, 2.05) is 34.6 Å². The third-order valence-corrected chi connectivity index (χ3v) is 6.56. The van der Waals surface area contributed by atoms with E-state index in [4.69, 9.17) is 4.74 Å². The van der Waals surface area contributed by atoms with Crippen molar-refractivity contribution in [2.45, 2.75) is 45.7 Å². The largest absolute Gasteiger partial charge is 0.461 e. The summed E-state index contributed by atoms with van der Waals surface area (Å²) in [5, 5.41) is 9.68. The first kappa shape index (κ1) is 21.6. The third kappa shape index (κ3) is 4.74. The van der Waals surface area contributed by atoms with Crippen molar-refractivity contribution in [2.75, 3.05) is 19.0 Å². The Morgan fingerprint density at radius 2 is 2.07 bits per heavy atom. The molecule has 0 spiro atoms. The Morgan fingerprint density at radius 3 is 2.72 bits per heavy atom. The fourth-order valence-electron chi connectivity index (χ4n) is 3.67. The average Bonchev–Trinajstić information content (AvgIpc) is 3.11. The Balaban J connectivity index is 2.10. The van der Waals surface area contributed by atoms with Crippen molar-refractivity contribution in [1.29, 1.82) is 0 Å². The first-order valence-electron chi connectivity index (χ1n) is 10.1. The predicted molar refractivity (Wildman–Crippen MR) is 114 cm³/mol.